The SMILES string of the molecule is Cc1[nH]c(C(=O)NCc2ccco2)c(C)c1C(=O)C(=O)N1CCN(c2ccc(F)c(Cl)c2)CC1. The van der Waals surface area contributed by atoms with Crippen LogP contribution < -0.4 is 10.2 Å². The molecule has 0 bridgehead atoms. The summed E-state index contributed by atoms with van der Waals surface area (Å²) in [6.07, 6.45) is 1.52. The van der Waals surface area contributed by atoms with Crippen molar-refractivity contribution in [3.05, 3.63) is 75.7 Å². The molecule has 34 heavy (non-hydrogen) atoms. The van der Waals surface area contributed by atoms with Crippen molar-refractivity contribution in [3.63, 3.8) is 0 Å². The van der Waals surface area contributed by atoms with Crippen LogP contribution in [0.1, 0.15) is 37.9 Å². The molecule has 0 saturated carbocycles. The molecular formula is C24H24ClFN4O4. The van der Waals surface area contributed by atoms with Gasteiger partial charge in [0, 0.05) is 37.6 Å². The number of aromatic amines is 1. The largest absolute Gasteiger partial charge is 0.467 e. The number of amides is 2. The number of aromatic nitrogens is 1. The summed E-state index contributed by atoms with van der Waals surface area (Å²) in [5, 5.41) is 2.77. The van der Waals surface area contributed by atoms with Crippen molar-refractivity contribution < 1.29 is 23.2 Å². The number of rotatable bonds is 6. The quantitative estimate of drug-likeness (QED) is 0.410. The fraction of sp³-hybridized carbons (Fsp3) is 0.292. The topological polar surface area (TPSA) is 98.6 Å². The predicted molar refractivity (Wildman–Crippen MR) is 125 cm³/mol. The van der Waals surface area contributed by atoms with E-state index in [4.69, 9.17) is 16.0 Å². The molecule has 1 aliphatic rings. The average Bonchev–Trinajstić information content (AvgIpc) is 3.46. The van der Waals surface area contributed by atoms with E-state index in [1.54, 1.807) is 38.1 Å². The van der Waals surface area contributed by atoms with Gasteiger partial charge in [0.1, 0.15) is 17.3 Å². The Balaban J connectivity index is 1.41. The number of carbonyl (C=O) groups excluding carboxylic acids is 3. The molecule has 2 amide bonds. The van der Waals surface area contributed by atoms with Crippen molar-refractivity contribution in [1.29, 1.82) is 0 Å². The second-order valence-corrected chi connectivity index (χ2v) is 8.50. The Morgan fingerprint density at radius 1 is 1.15 bits per heavy atom. The minimum Gasteiger partial charge on any atom is -0.467 e. The van der Waals surface area contributed by atoms with Gasteiger partial charge in [-0.15, -0.1) is 0 Å². The van der Waals surface area contributed by atoms with Crippen LogP contribution in [0, 0.1) is 19.7 Å². The second-order valence-electron chi connectivity index (χ2n) is 8.09. The van der Waals surface area contributed by atoms with Crippen LogP contribution >= 0.6 is 11.6 Å². The lowest BCUT2D eigenvalue weighted by molar-refractivity contribution is -0.126. The van der Waals surface area contributed by atoms with Crippen molar-refractivity contribution in [3.8, 4) is 0 Å². The summed E-state index contributed by atoms with van der Waals surface area (Å²) in [7, 11) is 0. The third kappa shape index (κ3) is 4.70. The number of benzene rings is 1. The molecule has 1 saturated heterocycles. The molecule has 0 unspecified atom stereocenters. The van der Waals surface area contributed by atoms with Crippen molar-refractivity contribution >= 4 is 34.9 Å². The van der Waals surface area contributed by atoms with Gasteiger partial charge in [-0.25, -0.2) is 4.39 Å². The molecule has 8 nitrogen and oxygen atoms in total. The molecule has 0 spiro atoms. The first-order valence-corrected chi connectivity index (χ1v) is 11.2. The molecule has 0 aliphatic carbocycles. The number of anilines is 1. The highest BCUT2D eigenvalue weighted by molar-refractivity contribution is 6.43. The molecule has 3 heterocycles. The number of nitrogens with zero attached hydrogens (tertiary/aromatic N) is 2. The van der Waals surface area contributed by atoms with Crippen LogP contribution in [0.2, 0.25) is 5.02 Å². The van der Waals surface area contributed by atoms with E-state index in [-0.39, 0.29) is 22.8 Å². The minimum absolute atomic E-state index is 0.0357. The molecule has 1 fully saturated rings. The van der Waals surface area contributed by atoms with Gasteiger partial charge < -0.3 is 24.5 Å². The molecule has 178 valence electrons. The predicted octanol–water partition coefficient (Wildman–Crippen LogP) is 3.48. The first-order valence-electron chi connectivity index (χ1n) is 10.8. The van der Waals surface area contributed by atoms with Gasteiger partial charge in [-0.2, -0.15) is 0 Å². The van der Waals surface area contributed by atoms with Gasteiger partial charge in [0.2, 0.25) is 0 Å². The van der Waals surface area contributed by atoms with Gasteiger partial charge in [0.15, 0.2) is 0 Å². The van der Waals surface area contributed by atoms with Crippen molar-refractivity contribution in [1.82, 2.24) is 15.2 Å². The van der Waals surface area contributed by atoms with Gasteiger partial charge in [-0.3, -0.25) is 14.4 Å². The zero-order chi connectivity index (χ0) is 24.4. The molecule has 4 rings (SSSR count). The number of H-pyrrole nitrogens is 1. The van der Waals surface area contributed by atoms with Crippen LogP contribution in [-0.4, -0.2) is 53.7 Å². The highest BCUT2D eigenvalue weighted by Gasteiger charge is 2.31. The number of hydrogen-bond acceptors (Lipinski definition) is 5. The Hall–Kier alpha value is -3.59. The molecule has 1 aliphatic heterocycles. The lowest BCUT2D eigenvalue weighted by atomic mass is 10.0. The van der Waals surface area contributed by atoms with E-state index in [0.717, 1.165) is 5.69 Å². The van der Waals surface area contributed by atoms with Crippen LogP contribution in [0.3, 0.4) is 0 Å². The Morgan fingerprint density at radius 2 is 1.88 bits per heavy atom. The van der Waals surface area contributed by atoms with Gasteiger partial charge >= 0.3 is 0 Å². The van der Waals surface area contributed by atoms with Gasteiger partial charge in [-0.1, -0.05) is 11.6 Å². The van der Waals surface area contributed by atoms with E-state index in [9.17, 15) is 18.8 Å². The standard InChI is InChI=1S/C24H24ClFN4O4/c1-14-20(15(2)28-21(14)23(32)27-13-17-4-3-11-34-17)22(31)24(33)30-9-7-29(8-10-30)16-5-6-19(26)18(25)12-16/h3-6,11-12,28H,7-10,13H2,1-2H3,(H,27,32). The summed E-state index contributed by atoms with van der Waals surface area (Å²) in [6, 6.07) is 7.95. The molecule has 0 atom stereocenters. The summed E-state index contributed by atoms with van der Waals surface area (Å²) in [5.41, 5.74) is 2.08. The highest BCUT2D eigenvalue weighted by atomic mass is 35.5. The van der Waals surface area contributed by atoms with Crippen molar-refractivity contribution in [2.75, 3.05) is 31.1 Å². The summed E-state index contributed by atoms with van der Waals surface area (Å²) in [5.74, 6) is -1.56. The summed E-state index contributed by atoms with van der Waals surface area (Å²) >= 11 is 5.87. The zero-order valence-electron chi connectivity index (χ0n) is 18.8. The molecule has 10 heteroatoms. The van der Waals surface area contributed by atoms with Crippen LogP contribution in [0.5, 0.6) is 0 Å². The smallest absolute Gasteiger partial charge is 0.295 e. The Kier molecular flexibility index (Phi) is 6.74. The summed E-state index contributed by atoms with van der Waals surface area (Å²) in [6.45, 7) is 5.13. The number of Topliss-reactive ketones (excluding diaryl/α,β-unsaturated/α-hetero) is 1. The molecule has 3 aromatic rings. The molecule has 2 aromatic heterocycles. The summed E-state index contributed by atoms with van der Waals surface area (Å²) in [4.78, 5) is 45.0. The molecular weight excluding hydrogens is 463 g/mol. The van der Waals surface area contributed by atoms with E-state index in [1.807, 2.05) is 4.90 Å². The fourth-order valence-corrected chi connectivity index (χ4v) is 4.26. The molecule has 1 aromatic carbocycles. The van der Waals surface area contributed by atoms with E-state index >= 15 is 0 Å². The second kappa shape index (κ2) is 9.72. The Bertz CT molecular complexity index is 1230. The Morgan fingerprint density at radius 3 is 2.53 bits per heavy atom. The van der Waals surface area contributed by atoms with Crippen molar-refractivity contribution in [2.45, 2.75) is 20.4 Å². The van der Waals surface area contributed by atoms with E-state index in [2.05, 4.69) is 10.3 Å². The first kappa shape index (κ1) is 23.6. The number of piperazine rings is 1. The number of hydrogen-bond donors (Lipinski definition) is 2. The molecule has 0 radical (unpaired) electrons. The van der Waals surface area contributed by atoms with Crippen LogP contribution in [-0.2, 0) is 11.3 Å². The lowest BCUT2D eigenvalue weighted by Gasteiger charge is -2.35. The number of ketones is 1. The van der Waals surface area contributed by atoms with Crippen molar-refractivity contribution in [2.24, 2.45) is 0 Å². The fourth-order valence-electron chi connectivity index (χ4n) is 4.09. The third-order valence-corrected chi connectivity index (χ3v) is 6.21. The minimum atomic E-state index is -0.658. The Labute approximate surface area is 200 Å². The maximum absolute atomic E-state index is 13.4. The zero-order valence-corrected chi connectivity index (χ0v) is 19.5. The lowest BCUT2D eigenvalue weighted by Crippen LogP contribution is -2.50. The number of halogens is 2. The van der Waals surface area contributed by atoms with Crippen LogP contribution in [0.4, 0.5) is 10.1 Å². The van der Waals surface area contributed by atoms with E-state index < -0.39 is 23.4 Å². The number of nitrogens with one attached hydrogen (secondary N) is 2. The summed E-state index contributed by atoms with van der Waals surface area (Å²) < 4.78 is 18.6. The number of furan rings is 1. The van der Waals surface area contributed by atoms with E-state index in [1.165, 1.54) is 17.2 Å². The highest BCUT2D eigenvalue weighted by Crippen LogP contribution is 2.24. The maximum atomic E-state index is 13.4. The van der Waals surface area contributed by atoms with Gasteiger partial charge in [0.05, 0.1) is 23.4 Å². The number of aryl methyl sites for hydroxylation is 1. The van der Waals surface area contributed by atoms with Crippen LogP contribution in [0.25, 0.3) is 0 Å². The van der Waals surface area contributed by atoms with E-state index in [0.29, 0.717) is 43.2 Å². The molecule has 2 N–H and O–H groups in total. The number of carbonyl (C=O) groups is 3. The maximum Gasteiger partial charge on any atom is 0.295 e. The monoisotopic (exact) mass is 486 g/mol. The third-order valence-electron chi connectivity index (χ3n) is 5.92. The van der Waals surface area contributed by atoms with Gasteiger partial charge in [0.25, 0.3) is 17.6 Å². The average molecular weight is 487 g/mol. The van der Waals surface area contributed by atoms with Crippen LogP contribution in [0.15, 0.2) is 41.0 Å². The first-order chi connectivity index (χ1) is 16.3. The normalized spacial score (nSPS) is 13.8. The van der Waals surface area contributed by atoms with Gasteiger partial charge in [-0.05, 0) is 49.7 Å².